The molecule has 1 saturated heterocycles. The maximum Gasteiger partial charge on any atom is 0.349 e. The number of benzene rings is 1. The minimum Gasteiger partial charge on any atom is -0.384 e. The molecule has 11 heteroatoms. The molecule has 1 heterocycles. The topological polar surface area (TPSA) is 143 Å². The quantitative estimate of drug-likeness (QED) is 0.180. The van der Waals surface area contributed by atoms with E-state index in [9.17, 15) is 17.8 Å². The van der Waals surface area contributed by atoms with E-state index in [1.54, 1.807) is 11.1 Å². The van der Waals surface area contributed by atoms with Crippen molar-refractivity contribution in [3.63, 3.8) is 0 Å². The average molecular weight is 535 g/mol. The lowest BCUT2D eigenvalue weighted by molar-refractivity contribution is -0.0179. The number of anilines is 1. The van der Waals surface area contributed by atoms with Gasteiger partial charge in [0.2, 0.25) is 0 Å². The fraction of sp³-hybridized carbons (Fsp3) is 0.692. The fourth-order valence-electron chi connectivity index (χ4n) is 6.15. The number of piperidine rings is 1. The van der Waals surface area contributed by atoms with Crippen molar-refractivity contribution in [2.45, 2.75) is 102 Å². The molecule has 0 bridgehead atoms. The number of hydrogen-bond donors (Lipinski definition) is 4. The molecule has 5 N–H and O–H groups in total. The number of rotatable bonds is 7. The maximum absolute atomic E-state index is 13.7. The van der Waals surface area contributed by atoms with Crippen molar-refractivity contribution >= 4 is 27.9 Å². The lowest BCUT2D eigenvalue weighted by Gasteiger charge is -2.42. The van der Waals surface area contributed by atoms with E-state index >= 15 is 0 Å². The standard InChI is InChI=1S/C26H42N6O4S/c27-25(28)20-9-8-14-24(19-20)31(22-10-4-1-2-5-11-22)26(33)29-21-15-17-30(18-16-21)32(37(34,35)36)23-12-6-3-7-13-23/h8-9,14,19,21-23H,1-7,10-13,15-18H2,(H3,27,28)(H,29,33)(H,34,35,36). The predicted molar refractivity (Wildman–Crippen MR) is 145 cm³/mol. The van der Waals surface area contributed by atoms with Gasteiger partial charge >= 0.3 is 16.3 Å². The van der Waals surface area contributed by atoms with Gasteiger partial charge in [-0.3, -0.25) is 14.9 Å². The van der Waals surface area contributed by atoms with E-state index in [1.165, 1.54) is 17.3 Å². The first-order valence-electron chi connectivity index (χ1n) is 13.8. The highest BCUT2D eigenvalue weighted by molar-refractivity contribution is 7.83. The average Bonchev–Trinajstić information content (AvgIpc) is 3.15. The van der Waals surface area contributed by atoms with Crippen LogP contribution >= 0.6 is 0 Å². The first-order chi connectivity index (χ1) is 17.7. The summed E-state index contributed by atoms with van der Waals surface area (Å²) in [4.78, 5) is 15.5. The van der Waals surface area contributed by atoms with Crippen molar-refractivity contribution in [2.75, 3.05) is 18.0 Å². The van der Waals surface area contributed by atoms with Gasteiger partial charge in [-0.25, -0.2) is 9.80 Å². The van der Waals surface area contributed by atoms with Crippen molar-refractivity contribution < 1.29 is 17.8 Å². The highest BCUT2D eigenvalue weighted by Crippen LogP contribution is 2.30. The highest BCUT2D eigenvalue weighted by Gasteiger charge is 2.37. The molecule has 2 saturated carbocycles. The van der Waals surface area contributed by atoms with Gasteiger partial charge in [-0.2, -0.15) is 8.42 Å². The van der Waals surface area contributed by atoms with Crippen LogP contribution in [-0.4, -0.2) is 65.5 Å². The third-order valence-electron chi connectivity index (χ3n) is 8.05. The first-order valence-corrected chi connectivity index (χ1v) is 15.2. The van der Waals surface area contributed by atoms with Gasteiger partial charge in [0.15, 0.2) is 0 Å². The van der Waals surface area contributed by atoms with Gasteiger partial charge in [0.25, 0.3) is 0 Å². The fourth-order valence-corrected chi connectivity index (χ4v) is 7.19. The number of carbonyl (C=O) groups excluding carboxylic acids is 1. The third-order valence-corrected chi connectivity index (χ3v) is 9.05. The molecule has 3 fully saturated rings. The summed E-state index contributed by atoms with van der Waals surface area (Å²) in [7, 11) is -4.35. The number of urea groups is 1. The molecule has 1 aromatic rings. The van der Waals surface area contributed by atoms with Crippen LogP contribution in [0.2, 0.25) is 0 Å². The molecular formula is C26H42N6O4S. The summed E-state index contributed by atoms with van der Waals surface area (Å²) in [5.74, 6) is -0.0307. The highest BCUT2D eigenvalue weighted by atomic mass is 32.2. The summed E-state index contributed by atoms with van der Waals surface area (Å²) in [6, 6.07) is 6.93. The van der Waals surface area contributed by atoms with Gasteiger partial charge in [-0.15, -0.1) is 4.41 Å². The first kappa shape index (κ1) is 27.8. The van der Waals surface area contributed by atoms with E-state index in [0.29, 0.717) is 31.5 Å². The molecule has 2 aliphatic carbocycles. The Hall–Kier alpha value is -2.21. The van der Waals surface area contributed by atoms with Gasteiger partial charge in [0.1, 0.15) is 5.84 Å². The van der Waals surface area contributed by atoms with Crippen LogP contribution in [-0.2, 0) is 10.3 Å². The molecule has 1 aromatic carbocycles. The van der Waals surface area contributed by atoms with Crippen LogP contribution in [0.15, 0.2) is 24.3 Å². The molecule has 2 amide bonds. The van der Waals surface area contributed by atoms with Gasteiger partial charge in [-0.05, 0) is 50.7 Å². The molecule has 0 unspecified atom stereocenters. The van der Waals surface area contributed by atoms with E-state index in [0.717, 1.165) is 63.5 Å². The van der Waals surface area contributed by atoms with Crippen molar-refractivity contribution in [1.29, 1.82) is 5.41 Å². The zero-order valence-electron chi connectivity index (χ0n) is 21.6. The van der Waals surface area contributed by atoms with Crippen LogP contribution in [0.25, 0.3) is 0 Å². The third kappa shape index (κ3) is 7.22. The largest absolute Gasteiger partial charge is 0.384 e. The lowest BCUT2D eigenvalue weighted by Crippen LogP contribution is -2.58. The van der Waals surface area contributed by atoms with Gasteiger partial charge in [-0.1, -0.05) is 57.1 Å². The molecule has 3 aliphatic rings. The Labute approximate surface area is 220 Å². The number of amidine groups is 1. The van der Waals surface area contributed by atoms with Crippen LogP contribution in [0.5, 0.6) is 0 Å². The van der Waals surface area contributed by atoms with Crippen LogP contribution in [0.3, 0.4) is 0 Å². The molecule has 206 valence electrons. The smallest absolute Gasteiger partial charge is 0.349 e. The van der Waals surface area contributed by atoms with E-state index in [2.05, 4.69) is 5.32 Å². The number of nitrogens with zero attached hydrogens (tertiary/aromatic N) is 3. The predicted octanol–water partition coefficient (Wildman–Crippen LogP) is 4.03. The molecule has 0 aromatic heterocycles. The number of nitrogen functional groups attached to an aromatic ring is 1. The molecule has 0 radical (unpaired) electrons. The molecule has 1 aliphatic heterocycles. The second-order valence-corrected chi connectivity index (χ2v) is 12.0. The Kier molecular flexibility index (Phi) is 9.44. The van der Waals surface area contributed by atoms with E-state index < -0.39 is 10.3 Å². The SMILES string of the molecule is N=C(N)c1cccc(N(C(=O)NC2CCN(N(C3CCCCC3)S(=O)(=O)O)CC2)C2CCCCCC2)c1. The van der Waals surface area contributed by atoms with Gasteiger partial charge < -0.3 is 11.1 Å². The number of amides is 2. The number of nitrogens with one attached hydrogen (secondary N) is 2. The second-order valence-electron chi connectivity index (χ2n) is 10.7. The van der Waals surface area contributed by atoms with E-state index in [4.69, 9.17) is 11.1 Å². The minimum atomic E-state index is -4.35. The minimum absolute atomic E-state index is 0.0307. The van der Waals surface area contributed by atoms with Crippen molar-refractivity contribution in [2.24, 2.45) is 5.73 Å². The molecule has 10 nitrogen and oxygen atoms in total. The van der Waals surface area contributed by atoms with Crippen LogP contribution < -0.4 is 16.0 Å². The summed E-state index contributed by atoms with van der Waals surface area (Å²) in [5.41, 5.74) is 7.06. The monoisotopic (exact) mass is 534 g/mol. The zero-order chi connectivity index (χ0) is 26.4. The van der Waals surface area contributed by atoms with Gasteiger partial charge in [0, 0.05) is 42.5 Å². The van der Waals surface area contributed by atoms with E-state index in [1.807, 2.05) is 23.1 Å². The van der Waals surface area contributed by atoms with Crippen molar-refractivity contribution in [3.05, 3.63) is 29.8 Å². The molecular weight excluding hydrogens is 492 g/mol. The summed E-state index contributed by atoms with van der Waals surface area (Å²) in [6.07, 6.45) is 12.1. The summed E-state index contributed by atoms with van der Waals surface area (Å²) in [5, 5.41) is 12.8. The van der Waals surface area contributed by atoms with Gasteiger partial charge in [0.05, 0.1) is 0 Å². The normalized spacial score (nSPS) is 21.5. The Morgan fingerprint density at radius 2 is 1.51 bits per heavy atom. The van der Waals surface area contributed by atoms with E-state index in [-0.39, 0.29) is 30.0 Å². The second kappa shape index (κ2) is 12.6. The number of nitrogens with two attached hydrogens (primary N) is 1. The van der Waals surface area contributed by atoms with Crippen LogP contribution in [0.1, 0.15) is 89.0 Å². The Balaban J connectivity index is 1.45. The summed E-state index contributed by atoms with van der Waals surface area (Å²) < 4.78 is 35.7. The Morgan fingerprint density at radius 1 is 0.946 bits per heavy atom. The molecule has 4 rings (SSSR count). The summed E-state index contributed by atoms with van der Waals surface area (Å²) >= 11 is 0. The molecule has 0 spiro atoms. The molecule has 0 atom stereocenters. The Bertz CT molecular complexity index is 1030. The summed E-state index contributed by atoms with van der Waals surface area (Å²) in [6.45, 7) is 0.898. The van der Waals surface area contributed by atoms with Crippen molar-refractivity contribution in [1.82, 2.24) is 14.7 Å². The number of carbonyl (C=O) groups is 1. The Morgan fingerprint density at radius 3 is 2.08 bits per heavy atom. The van der Waals surface area contributed by atoms with Crippen LogP contribution in [0, 0.1) is 5.41 Å². The van der Waals surface area contributed by atoms with Crippen molar-refractivity contribution in [3.8, 4) is 0 Å². The number of hydrogen-bond acceptors (Lipinski definition) is 5. The number of hydrazine groups is 1. The zero-order valence-corrected chi connectivity index (χ0v) is 22.5. The molecule has 37 heavy (non-hydrogen) atoms. The lowest BCUT2D eigenvalue weighted by atomic mass is 9.96. The van der Waals surface area contributed by atoms with Crippen LogP contribution in [0.4, 0.5) is 10.5 Å². The maximum atomic E-state index is 13.7.